The monoisotopic (exact) mass is 525 g/mol. The fourth-order valence-electron chi connectivity index (χ4n) is 5.29. The van der Waals surface area contributed by atoms with Gasteiger partial charge in [-0.2, -0.15) is 0 Å². The third-order valence-electron chi connectivity index (χ3n) is 7.21. The van der Waals surface area contributed by atoms with Gasteiger partial charge in [0.25, 0.3) is 10.0 Å². The lowest BCUT2D eigenvalue weighted by molar-refractivity contribution is -0.138. The summed E-state index contributed by atoms with van der Waals surface area (Å²) in [5, 5.41) is 9.22. The molecule has 0 atom stereocenters. The highest BCUT2D eigenvalue weighted by Crippen LogP contribution is 2.41. The molecule has 0 saturated heterocycles. The first-order valence-corrected chi connectivity index (χ1v) is 14.0. The average molecular weight is 526 g/mol. The third-order valence-corrected chi connectivity index (χ3v) is 9.52. The minimum atomic E-state index is -3.82. The Hall–Kier alpha value is -3.03. The highest BCUT2D eigenvalue weighted by molar-refractivity contribution is 7.93. The summed E-state index contributed by atoms with van der Waals surface area (Å²) in [7, 11) is -3.82. The number of carboxylic acid groups (broad SMARTS) is 1. The standard InChI is InChI=1S/C28H28ClNO5S/c29-24-3-1-2-4-27(24)36(33,34)30-15-16-35-26-18-23(13-14-25(26)30)22-11-9-21(10-12-22)20-7-5-19(6-8-20)17-28(31)32/h1-4,9-14,18-20H,5-8,15-17H2,(H,31,32). The number of fused-ring (bicyclic) bond motifs is 1. The van der Waals surface area contributed by atoms with Crippen LogP contribution >= 0.6 is 11.6 Å². The van der Waals surface area contributed by atoms with Crippen LogP contribution in [-0.2, 0) is 14.8 Å². The molecule has 1 saturated carbocycles. The van der Waals surface area contributed by atoms with Crippen molar-refractivity contribution in [2.75, 3.05) is 17.5 Å². The Morgan fingerprint density at radius 1 is 0.972 bits per heavy atom. The molecule has 2 aliphatic rings. The predicted octanol–water partition coefficient (Wildman–Crippen LogP) is 6.34. The number of benzene rings is 3. The van der Waals surface area contributed by atoms with E-state index in [4.69, 9.17) is 21.4 Å². The molecule has 1 fully saturated rings. The quantitative estimate of drug-likeness (QED) is 0.406. The van der Waals surface area contributed by atoms with Gasteiger partial charge in [-0.25, -0.2) is 8.42 Å². The van der Waals surface area contributed by atoms with Crippen LogP contribution in [0.5, 0.6) is 5.75 Å². The Balaban J connectivity index is 1.34. The van der Waals surface area contributed by atoms with E-state index in [1.807, 2.05) is 12.1 Å². The van der Waals surface area contributed by atoms with Crippen LogP contribution in [0.4, 0.5) is 5.69 Å². The minimum Gasteiger partial charge on any atom is -0.489 e. The Kier molecular flexibility index (Phi) is 6.95. The third kappa shape index (κ3) is 4.95. The van der Waals surface area contributed by atoms with Gasteiger partial charge in [-0.15, -0.1) is 0 Å². The van der Waals surface area contributed by atoms with E-state index in [0.717, 1.165) is 36.8 Å². The molecular formula is C28H28ClNO5S. The number of sulfonamides is 1. The maximum Gasteiger partial charge on any atom is 0.303 e. The maximum absolute atomic E-state index is 13.3. The second kappa shape index (κ2) is 10.1. The SMILES string of the molecule is O=C(O)CC1CCC(c2ccc(-c3ccc4c(c3)OCCN4S(=O)(=O)c3ccccc3Cl)cc2)CC1. The number of carbonyl (C=O) groups is 1. The van der Waals surface area contributed by atoms with Crippen molar-refractivity contribution in [1.82, 2.24) is 0 Å². The van der Waals surface area contributed by atoms with Crippen LogP contribution in [0.1, 0.15) is 43.6 Å². The molecule has 1 heterocycles. The van der Waals surface area contributed by atoms with Crippen molar-refractivity contribution in [3.63, 3.8) is 0 Å². The van der Waals surface area contributed by atoms with Crippen molar-refractivity contribution in [3.05, 3.63) is 77.3 Å². The summed E-state index contributed by atoms with van der Waals surface area (Å²) in [6.45, 7) is 0.465. The van der Waals surface area contributed by atoms with Crippen LogP contribution in [0.15, 0.2) is 71.6 Å². The predicted molar refractivity (Wildman–Crippen MR) is 140 cm³/mol. The molecule has 1 aliphatic carbocycles. The van der Waals surface area contributed by atoms with Gasteiger partial charge in [0.1, 0.15) is 17.3 Å². The van der Waals surface area contributed by atoms with E-state index < -0.39 is 16.0 Å². The number of hydrogen-bond acceptors (Lipinski definition) is 4. The molecular weight excluding hydrogens is 498 g/mol. The summed E-state index contributed by atoms with van der Waals surface area (Å²) in [6, 6.07) is 20.5. The smallest absolute Gasteiger partial charge is 0.303 e. The van der Waals surface area contributed by atoms with Gasteiger partial charge >= 0.3 is 5.97 Å². The lowest BCUT2D eigenvalue weighted by Gasteiger charge is -2.31. The first-order valence-electron chi connectivity index (χ1n) is 12.2. The molecule has 1 N–H and O–H groups in total. The van der Waals surface area contributed by atoms with Crippen molar-refractivity contribution in [2.24, 2.45) is 5.92 Å². The fourth-order valence-corrected chi connectivity index (χ4v) is 7.25. The summed E-state index contributed by atoms with van der Waals surface area (Å²) in [4.78, 5) is 11.1. The van der Waals surface area contributed by atoms with Gasteiger partial charge in [-0.05, 0) is 78.5 Å². The molecule has 1 aliphatic heterocycles. The molecule has 0 spiro atoms. The highest BCUT2D eigenvalue weighted by atomic mass is 35.5. The number of hydrogen-bond donors (Lipinski definition) is 1. The van der Waals surface area contributed by atoms with Gasteiger partial charge in [0, 0.05) is 6.42 Å². The van der Waals surface area contributed by atoms with E-state index in [9.17, 15) is 13.2 Å². The van der Waals surface area contributed by atoms with Gasteiger partial charge in [0.15, 0.2) is 0 Å². The number of ether oxygens (including phenoxy) is 1. The van der Waals surface area contributed by atoms with Gasteiger partial charge < -0.3 is 9.84 Å². The van der Waals surface area contributed by atoms with Crippen LogP contribution in [0.25, 0.3) is 11.1 Å². The lowest BCUT2D eigenvalue weighted by atomic mass is 9.77. The Labute approximate surface area is 216 Å². The number of aliphatic carboxylic acids is 1. The minimum absolute atomic E-state index is 0.0798. The normalized spacial score (nSPS) is 19.9. The second-order valence-electron chi connectivity index (χ2n) is 9.48. The first kappa shape index (κ1) is 24.7. The summed E-state index contributed by atoms with van der Waals surface area (Å²) in [5.74, 6) is 0.561. The number of anilines is 1. The molecule has 3 aromatic carbocycles. The van der Waals surface area contributed by atoms with Gasteiger partial charge in [-0.1, -0.05) is 54.1 Å². The topological polar surface area (TPSA) is 83.9 Å². The second-order valence-corrected chi connectivity index (χ2v) is 11.7. The summed E-state index contributed by atoms with van der Waals surface area (Å²) >= 11 is 6.20. The molecule has 0 bridgehead atoms. The fraction of sp³-hybridized carbons (Fsp3) is 0.321. The van der Waals surface area contributed by atoms with E-state index in [2.05, 4.69) is 24.3 Å². The molecule has 0 amide bonds. The molecule has 5 rings (SSSR count). The summed E-state index contributed by atoms with van der Waals surface area (Å²) in [6.07, 6.45) is 4.20. The van der Waals surface area contributed by atoms with E-state index in [1.54, 1.807) is 24.3 Å². The zero-order valence-electron chi connectivity index (χ0n) is 19.8. The van der Waals surface area contributed by atoms with Crippen LogP contribution in [0.3, 0.4) is 0 Å². The average Bonchev–Trinajstić information content (AvgIpc) is 2.88. The Bertz CT molecular complexity index is 1360. The molecule has 188 valence electrons. The number of carboxylic acids is 1. The lowest BCUT2D eigenvalue weighted by Crippen LogP contribution is -2.38. The Morgan fingerprint density at radius 2 is 1.67 bits per heavy atom. The number of rotatable bonds is 6. The van der Waals surface area contributed by atoms with Crippen LogP contribution in [0, 0.1) is 5.92 Å². The number of nitrogens with zero attached hydrogens (tertiary/aromatic N) is 1. The molecule has 0 radical (unpaired) electrons. The van der Waals surface area contributed by atoms with Gasteiger partial charge in [0.05, 0.1) is 17.3 Å². The van der Waals surface area contributed by atoms with E-state index in [0.29, 0.717) is 17.4 Å². The molecule has 36 heavy (non-hydrogen) atoms. The Morgan fingerprint density at radius 3 is 2.36 bits per heavy atom. The molecule has 0 aromatic heterocycles. The molecule has 8 heteroatoms. The highest BCUT2D eigenvalue weighted by Gasteiger charge is 2.32. The van der Waals surface area contributed by atoms with E-state index in [1.165, 1.54) is 15.9 Å². The zero-order chi connectivity index (χ0) is 25.3. The van der Waals surface area contributed by atoms with E-state index >= 15 is 0 Å². The maximum atomic E-state index is 13.3. The van der Waals surface area contributed by atoms with Crippen molar-refractivity contribution in [1.29, 1.82) is 0 Å². The van der Waals surface area contributed by atoms with Crippen molar-refractivity contribution < 1.29 is 23.1 Å². The van der Waals surface area contributed by atoms with Crippen LogP contribution in [0.2, 0.25) is 5.02 Å². The largest absolute Gasteiger partial charge is 0.489 e. The van der Waals surface area contributed by atoms with Gasteiger partial charge in [0.2, 0.25) is 0 Å². The zero-order valence-corrected chi connectivity index (χ0v) is 21.3. The summed E-state index contributed by atoms with van der Waals surface area (Å²) in [5.41, 5.74) is 3.75. The number of halogens is 1. The van der Waals surface area contributed by atoms with Crippen LogP contribution in [-0.4, -0.2) is 32.6 Å². The summed E-state index contributed by atoms with van der Waals surface area (Å²) < 4.78 is 33.9. The van der Waals surface area contributed by atoms with Gasteiger partial charge in [-0.3, -0.25) is 9.10 Å². The molecule has 0 unspecified atom stereocenters. The molecule has 6 nitrogen and oxygen atoms in total. The van der Waals surface area contributed by atoms with Crippen molar-refractivity contribution in [2.45, 2.75) is 42.9 Å². The first-order chi connectivity index (χ1) is 17.3. The van der Waals surface area contributed by atoms with E-state index in [-0.39, 0.29) is 35.4 Å². The van der Waals surface area contributed by atoms with Crippen molar-refractivity contribution >= 4 is 33.3 Å². The van der Waals surface area contributed by atoms with Crippen molar-refractivity contribution in [3.8, 4) is 16.9 Å². The molecule has 3 aromatic rings. The van der Waals surface area contributed by atoms with Crippen LogP contribution < -0.4 is 9.04 Å².